The fourth-order valence-corrected chi connectivity index (χ4v) is 2.42. The van der Waals surface area contributed by atoms with Crippen molar-refractivity contribution in [1.82, 2.24) is 20.1 Å². The van der Waals surface area contributed by atoms with Crippen LogP contribution in [0, 0.1) is 6.92 Å². The third kappa shape index (κ3) is 2.67. The van der Waals surface area contributed by atoms with E-state index < -0.39 is 0 Å². The highest BCUT2D eigenvalue weighted by Crippen LogP contribution is 2.18. The lowest BCUT2D eigenvalue weighted by Crippen LogP contribution is -2.24. The molecule has 5 heteroatoms. The molecule has 0 saturated carbocycles. The maximum Gasteiger partial charge on any atom is 0.224 e. The first-order valence-electron chi connectivity index (χ1n) is 6.94. The highest BCUT2D eigenvalue weighted by atomic mass is 16.1. The van der Waals surface area contributed by atoms with E-state index in [2.05, 4.69) is 15.4 Å². The number of fused-ring (bicyclic) bond motifs is 1. The van der Waals surface area contributed by atoms with Crippen molar-refractivity contribution in [3.63, 3.8) is 0 Å². The summed E-state index contributed by atoms with van der Waals surface area (Å²) in [5.41, 5.74) is 4.20. The van der Waals surface area contributed by atoms with E-state index in [0.29, 0.717) is 13.0 Å². The smallest absolute Gasteiger partial charge is 0.224 e. The summed E-state index contributed by atoms with van der Waals surface area (Å²) in [6.45, 7) is 2.51. The number of amides is 1. The van der Waals surface area contributed by atoms with Gasteiger partial charge >= 0.3 is 0 Å². The van der Waals surface area contributed by atoms with Gasteiger partial charge in [-0.15, -0.1) is 0 Å². The number of aryl methyl sites for hydroxylation is 1. The maximum atomic E-state index is 12.1. The number of benzene rings is 1. The quantitative estimate of drug-likeness (QED) is 0.769. The third-order valence-electron chi connectivity index (χ3n) is 3.84. The summed E-state index contributed by atoms with van der Waals surface area (Å²) in [6.07, 6.45) is 4.07. The van der Waals surface area contributed by atoms with Gasteiger partial charge in [-0.25, -0.2) is 0 Å². The third-order valence-corrected chi connectivity index (χ3v) is 3.84. The maximum absolute atomic E-state index is 12.1. The van der Waals surface area contributed by atoms with Crippen LogP contribution in [0.4, 0.5) is 0 Å². The number of nitrogens with zero attached hydrogens (tertiary/aromatic N) is 2. The lowest BCUT2D eigenvalue weighted by atomic mass is 10.1. The largest absolute Gasteiger partial charge is 0.361 e. The molecule has 0 atom stereocenters. The molecule has 1 amide bonds. The van der Waals surface area contributed by atoms with Gasteiger partial charge in [0.05, 0.1) is 12.6 Å². The predicted molar refractivity (Wildman–Crippen MR) is 81.8 cm³/mol. The summed E-state index contributed by atoms with van der Waals surface area (Å²) in [5, 5.41) is 8.22. The van der Waals surface area contributed by atoms with Gasteiger partial charge in [-0.2, -0.15) is 5.10 Å². The molecule has 1 aromatic carbocycles. The van der Waals surface area contributed by atoms with Crippen LogP contribution in [0.15, 0.2) is 36.7 Å². The number of aromatic amines is 1. The highest BCUT2D eigenvalue weighted by molar-refractivity contribution is 5.88. The van der Waals surface area contributed by atoms with Gasteiger partial charge in [0.2, 0.25) is 5.91 Å². The molecule has 0 aliphatic rings. The summed E-state index contributed by atoms with van der Waals surface area (Å²) in [7, 11) is 1.90. The molecule has 0 aliphatic carbocycles. The van der Waals surface area contributed by atoms with Crippen molar-refractivity contribution >= 4 is 16.8 Å². The number of carbonyl (C=O) groups is 1. The van der Waals surface area contributed by atoms with Crippen molar-refractivity contribution in [2.45, 2.75) is 19.9 Å². The SMILES string of the molecule is Cc1c(CNC(=O)Cc2c[nH]c3ccccc23)cnn1C. The molecule has 21 heavy (non-hydrogen) atoms. The number of hydrogen-bond donors (Lipinski definition) is 2. The molecule has 0 fully saturated rings. The molecule has 0 radical (unpaired) electrons. The highest BCUT2D eigenvalue weighted by Gasteiger charge is 2.10. The van der Waals surface area contributed by atoms with E-state index in [-0.39, 0.29) is 5.91 Å². The van der Waals surface area contributed by atoms with E-state index in [1.807, 2.05) is 44.4 Å². The predicted octanol–water partition coefficient (Wildman–Crippen LogP) is 2.07. The van der Waals surface area contributed by atoms with Crippen molar-refractivity contribution < 1.29 is 4.79 Å². The van der Waals surface area contributed by atoms with Crippen molar-refractivity contribution in [2.75, 3.05) is 0 Å². The Morgan fingerprint density at radius 1 is 1.33 bits per heavy atom. The van der Waals surface area contributed by atoms with Gasteiger partial charge in [-0.05, 0) is 18.6 Å². The molecule has 0 aliphatic heterocycles. The molecule has 2 aromatic heterocycles. The second-order valence-electron chi connectivity index (χ2n) is 5.19. The first kappa shape index (κ1) is 13.4. The van der Waals surface area contributed by atoms with Crippen molar-refractivity contribution in [3.8, 4) is 0 Å². The van der Waals surface area contributed by atoms with Crippen molar-refractivity contribution in [1.29, 1.82) is 0 Å². The van der Waals surface area contributed by atoms with Crippen LogP contribution < -0.4 is 5.32 Å². The van der Waals surface area contributed by atoms with Crippen LogP contribution in [-0.4, -0.2) is 20.7 Å². The Hall–Kier alpha value is -2.56. The number of aromatic nitrogens is 3. The topological polar surface area (TPSA) is 62.7 Å². The van der Waals surface area contributed by atoms with Crippen molar-refractivity contribution in [2.24, 2.45) is 7.05 Å². The van der Waals surface area contributed by atoms with E-state index in [1.54, 1.807) is 10.9 Å². The van der Waals surface area contributed by atoms with Crippen LogP contribution in [0.1, 0.15) is 16.8 Å². The Kier molecular flexibility index (Phi) is 3.48. The summed E-state index contributed by atoms with van der Waals surface area (Å²) in [5.74, 6) is 0.0167. The Bertz CT molecular complexity index is 785. The zero-order chi connectivity index (χ0) is 14.8. The molecule has 5 nitrogen and oxygen atoms in total. The zero-order valence-corrected chi connectivity index (χ0v) is 12.2. The summed E-state index contributed by atoms with van der Waals surface area (Å²) in [4.78, 5) is 15.3. The first-order valence-corrected chi connectivity index (χ1v) is 6.94. The van der Waals surface area contributed by atoms with Gasteiger partial charge in [-0.1, -0.05) is 18.2 Å². The van der Waals surface area contributed by atoms with Crippen LogP contribution in [0.5, 0.6) is 0 Å². The summed E-state index contributed by atoms with van der Waals surface area (Å²) in [6, 6.07) is 8.00. The number of para-hydroxylation sites is 1. The molecule has 0 bridgehead atoms. The van der Waals surface area contributed by atoms with Crippen LogP contribution in [-0.2, 0) is 24.8 Å². The Labute approximate surface area is 123 Å². The monoisotopic (exact) mass is 282 g/mol. The minimum atomic E-state index is 0.0167. The van der Waals surface area contributed by atoms with Gasteiger partial charge in [0.25, 0.3) is 0 Å². The van der Waals surface area contributed by atoms with Crippen LogP contribution >= 0.6 is 0 Å². The fourth-order valence-electron chi connectivity index (χ4n) is 2.42. The number of nitrogens with one attached hydrogen (secondary N) is 2. The lowest BCUT2D eigenvalue weighted by Gasteiger charge is -2.04. The second kappa shape index (κ2) is 5.44. The average Bonchev–Trinajstić information content (AvgIpc) is 3.03. The van der Waals surface area contributed by atoms with Gasteiger partial charge in [-0.3, -0.25) is 9.48 Å². The second-order valence-corrected chi connectivity index (χ2v) is 5.19. The summed E-state index contributed by atoms with van der Waals surface area (Å²) < 4.78 is 1.81. The average molecular weight is 282 g/mol. The standard InChI is InChI=1S/C16H18N4O/c1-11-13(10-19-20(11)2)9-18-16(21)7-12-8-17-15-6-4-3-5-14(12)15/h3-6,8,10,17H,7,9H2,1-2H3,(H,18,21). The van der Waals surface area contributed by atoms with E-state index in [0.717, 1.165) is 27.7 Å². The fraction of sp³-hybridized carbons (Fsp3) is 0.250. The molecule has 108 valence electrons. The molecule has 0 unspecified atom stereocenters. The number of H-pyrrole nitrogens is 1. The number of rotatable bonds is 4. The molecular weight excluding hydrogens is 264 g/mol. The molecule has 2 N–H and O–H groups in total. The van der Waals surface area contributed by atoms with Crippen LogP contribution in [0.3, 0.4) is 0 Å². The number of carbonyl (C=O) groups excluding carboxylic acids is 1. The van der Waals surface area contributed by atoms with Crippen LogP contribution in [0.25, 0.3) is 10.9 Å². The van der Waals surface area contributed by atoms with E-state index in [4.69, 9.17) is 0 Å². The minimum absolute atomic E-state index is 0.0167. The Morgan fingerprint density at radius 2 is 2.14 bits per heavy atom. The molecule has 0 saturated heterocycles. The van der Waals surface area contributed by atoms with Gasteiger partial charge in [0, 0.05) is 41.9 Å². The van der Waals surface area contributed by atoms with Gasteiger partial charge in [0.15, 0.2) is 0 Å². The molecule has 3 rings (SSSR count). The van der Waals surface area contributed by atoms with E-state index in [9.17, 15) is 4.79 Å². The first-order chi connectivity index (χ1) is 10.1. The van der Waals surface area contributed by atoms with E-state index >= 15 is 0 Å². The van der Waals surface area contributed by atoms with Crippen LogP contribution in [0.2, 0.25) is 0 Å². The van der Waals surface area contributed by atoms with Crippen molar-refractivity contribution in [3.05, 3.63) is 53.5 Å². The van der Waals surface area contributed by atoms with Gasteiger partial charge in [0.1, 0.15) is 0 Å². The Morgan fingerprint density at radius 3 is 2.90 bits per heavy atom. The van der Waals surface area contributed by atoms with Gasteiger partial charge < -0.3 is 10.3 Å². The lowest BCUT2D eigenvalue weighted by molar-refractivity contribution is -0.120. The molecule has 3 aromatic rings. The molecule has 2 heterocycles. The minimum Gasteiger partial charge on any atom is -0.361 e. The molecular formula is C16H18N4O. The zero-order valence-electron chi connectivity index (χ0n) is 12.2. The normalized spacial score (nSPS) is 11.0. The van der Waals surface area contributed by atoms with E-state index in [1.165, 1.54) is 0 Å². The summed E-state index contributed by atoms with van der Waals surface area (Å²) >= 11 is 0. The Balaban J connectivity index is 1.65. The number of hydrogen-bond acceptors (Lipinski definition) is 2. The molecule has 0 spiro atoms.